The first-order valence-corrected chi connectivity index (χ1v) is 11.9. The summed E-state index contributed by atoms with van der Waals surface area (Å²) in [5, 5.41) is 5.13. The van der Waals surface area contributed by atoms with E-state index in [0.29, 0.717) is 42.2 Å². The van der Waals surface area contributed by atoms with Gasteiger partial charge in [-0.1, -0.05) is 17.7 Å². The summed E-state index contributed by atoms with van der Waals surface area (Å²) in [7, 11) is 2.60. The molecule has 1 saturated carbocycles. The molecule has 1 aliphatic heterocycles. The number of carbonyl (C=O) groups is 2. The maximum Gasteiger partial charge on any atom is 0.338 e. The van der Waals surface area contributed by atoms with E-state index in [1.807, 2.05) is 0 Å². The van der Waals surface area contributed by atoms with Crippen LogP contribution in [0.3, 0.4) is 0 Å². The number of nitrogens with zero attached hydrogens (tertiary/aromatic N) is 2. The van der Waals surface area contributed by atoms with Crippen LogP contribution in [0.25, 0.3) is 0 Å². The van der Waals surface area contributed by atoms with Crippen molar-refractivity contribution in [2.45, 2.75) is 31.7 Å². The molecule has 2 aromatic rings. The first kappa shape index (κ1) is 24.3. The van der Waals surface area contributed by atoms with Crippen LogP contribution >= 0.6 is 22.9 Å². The van der Waals surface area contributed by atoms with Crippen molar-refractivity contribution in [3.8, 4) is 0 Å². The van der Waals surface area contributed by atoms with Gasteiger partial charge < -0.3 is 14.8 Å². The van der Waals surface area contributed by atoms with Crippen molar-refractivity contribution < 1.29 is 27.8 Å². The lowest BCUT2D eigenvalue weighted by Crippen LogP contribution is -2.38. The van der Waals surface area contributed by atoms with Gasteiger partial charge in [-0.05, 0) is 37.7 Å². The van der Waals surface area contributed by atoms with Gasteiger partial charge in [0.2, 0.25) is 0 Å². The molecule has 180 valence electrons. The number of halogens is 3. The molecule has 1 fully saturated rings. The summed E-state index contributed by atoms with van der Waals surface area (Å²) in [6.45, 7) is 0. The number of esters is 2. The normalized spacial score (nSPS) is 22.6. The molecule has 1 unspecified atom stereocenters. The molecular weight excluding hydrogens is 488 g/mol. The Morgan fingerprint density at radius 1 is 1.15 bits per heavy atom. The third-order valence-electron chi connectivity index (χ3n) is 6.14. The number of aliphatic imine (C=N–C) groups is 1. The molecule has 1 aromatic carbocycles. The summed E-state index contributed by atoms with van der Waals surface area (Å²) < 4.78 is 38.1. The van der Waals surface area contributed by atoms with E-state index in [1.165, 1.54) is 31.6 Å². The molecule has 1 N–H and O–H groups in total. The van der Waals surface area contributed by atoms with Gasteiger partial charge in [0.25, 0.3) is 0 Å². The van der Waals surface area contributed by atoms with E-state index >= 15 is 0 Å². The zero-order valence-corrected chi connectivity index (χ0v) is 20.0. The van der Waals surface area contributed by atoms with E-state index in [-0.39, 0.29) is 28.9 Å². The maximum atomic E-state index is 14.4. The summed E-state index contributed by atoms with van der Waals surface area (Å²) in [6, 6.07) is 1.23. The number of rotatable bonds is 5. The van der Waals surface area contributed by atoms with Crippen molar-refractivity contribution in [2.75, 3.05) is 14.2 Å². The Kier molecular flexibility index (Phi) is 7.27. The van der Waals surface area contributed by atoms with E-state index in [1.54, 1.807) is 11.6 Å². The first-order chi connectivity index (χ1) is 16.3. The average Bonchev–Trinajstić information content (AvgIpc) is 3.41. The van der Waals surface area contributed by atoms with E-state index in [9.17, 15) is 18.4 Å². The van der Waals surface area contributed by atoms with Gasteiger partial charge in [-0.3, -0.25) is 9.79 Å². The second-order valence-electron chi connectivity index (χ2n) is 8.00. The van der Waals surface area contributed by atoms with Crippen molar-refractivity contribution in [2.24, 2.45) is 16.8 Å². The van der Waals surface area contributed by atoms with Crippen LogP contribution in [0.2, 0.25) is 5.02 Å². The number of methoxy groups -OCH3 is 2. The fourth-order valence-corrected chi connectivity index (χ4v) is 5.28. The van der Waals surface area contributed by atoms with Crippen molar-refractivity contribution in [3.05, 3.63) is 62.2 Å². The minimum absolute atomic E-state index is 0.132. The Hall–Kier alpha value is -2.85. The fraction of sp³-hybridized carbons (Fsp3) is 0.391. The Labute approximate surface area is 203 Å². The number of benzene rings is 1. The van der Waals surface area contributed by atoms with E-state index in [2.05, 4.69) is 15.3 Å². The molecule has 2 heterocycles. The summed E-state index contributed by atoms with van der Waals surface area (Å²) in [5.41, 5.74) is 0.857. The molecule has 7 nitrogen and oxygen atoms in total. The Morgan fingerprint density at radius 2 is 1.88 bits per heavy atom. The maximum absolute atomic E-state index is 14.4. The summed E-state index contributed by atoms with van der Waals surface area (Å²) in [6.07, 6.45) is 3.98. The highest BCUT2D eigenvalue weighted by Crippen LogP contribution is 2.42. The molecule has 0 spiro atoms. The van der Waals surface area contributed by atoms with Crippen molar-refractivity contribution >= 4 is 40.7 Å². The molecule has 34 heavy (non-hydrogen) atoms. The van der Waals surface area contributed by atoms with Crippen LogP contribution in [0, 0.1) is 23.5 Å². The average molecular weight is 510 g/mol. The first-order valence-electron chi connectivity index (χ1n) is 10.6. The SMILES string of the molecule is COC(=O)C1=C(C2CCC(C(=O)OC)CC2)NC(c2nccs2)=NC1c1ccc(F)c(F)c1Cl. The lowest BCUT2D eigenvalue weighted by Gasteiger charge is -2.34. The molecule has 0 bridgehead atoms. The highest BCUT2D eigenvalue weighted by Gasteiger charge is 2.39. The number of ether oxygens (including phenoxy) is 2. The van der Waals surface area contributed by atoms with Gasteiger partial charge in [0.05, 0.1) is 30.7 Å². The van der Waals surface area contributed by atoms with E-state index < -0.39 is 28.7 Å². The van der Waals surface area contributed by atoms with Gasteiger partial charge in [-0.25, -0.2) is 18.6 Å². The molecule has 4 rings (SSSR count). The number of aromatic nitrogens is 1. The van der Waals surface area contributed by atoms with Gasteiger partial charge in [-0.15, -0.1) is 11.3 Å². The van der Waals surface area contributed by atoms with Crippen LogP contribution < -0.4 is 5.32 Å². The molecule has 0 amide bonds. The van der Waals surface area contributed by atoms with Crippen molar-refractivity contribution in [1.29, 1.82) is 0 Å². The standard InChI is InChI=1S/C23H22ClF2N3O4S/c1-32-22(30)12-5-3-11(4-6-12)18-15(23(31)33-2)19(13-7-8-14(25)17(26)16(13)24)29-20(28-18)21-27-9-10-34-21/h7-12,19H,3-6H2,1-2H3,(H,28,29). The largest absolute Gasteiger partial charge is 0.469 e. The van der Waals surface area contributed by atoms with Crippen LogP contribution in [-0.2, 0) is 19.1 Å². The minimum atomic E-state index is -1.21. The highest BCUT2D eigenvalue weighted by atomic mass is 35.5. The Balaban J connectivity index is 1.82. The smallest absolute Gasteiger partial charge is 0.338 e. The number of thiazole rings is 1. The lowest BCUT2D eigenvalue weighted by molar-refractivity contribution is -0.146. The van der Waals surface area contributed by atoms with E-state index in [0.717, 1.165) is 6.07 Å². The van der Waals surface area contributed by atoms with Crippen LogP contribution in [0.4, 0.5) is 8.78 Å². The second kappa shape index (κ2) is 10.2. The predicted octanol–water partition coefficient (Wildman–Crippen LogP) is 4.57. The Morgan fingerprint density at radius 3 is 2.50 bits per heavy atom. The lowest BCUT2D eigenvalue weighted by atomic mass is 9.78. The summed E-state index contributed by atoms with van der Waals surface area (Å²) >= 11 is 7.51. The van der Waals surface area contributed by atoms with Gasteiger partial charge in [0, 0.05) is 22.8 Å². The molecule has 1 atom stereocenters. The molecular formula is C23H22ClF2N3O4S. The van der Waals surface area contributed by atoms with Gasteiger partial charge >= 0.3 is 11.9 Å². The molecule has 2 aliphatic rings. The fourth-order valence-electron chi connectivity index (χ4n) is 4.43. The molecule has 1 aliphatic carbocycles. The minimum Gasteiger partial charge on any atom is -0.469 e. The molecule has 0 radical (unpaired) electrons. The van der Waals surface area contributed by atoms with Gasteiger partial charge in [0.15, 0.2) is 22.5 Å². The second-order valence-corrected chi connectivity index (χ2v) is 9.27. The zero-order valence-electron chi connectivity index (χ0n) is 18.4. The zero-order chi connectivity index (χ0) is 24.4. The predicted molar refractivity (Wildman–Crippen MR) is 122 cm³/mol. The topological polar surface area (TPSA) is 89.9 Å². The quantitative estimate of drug-likeness (QED) is 0.469. The monoisotopic (exact) mass is 509 g/mol. The molecule has 11 heteroatoms. The van der Waals surface area contributed by atoms with Crippen LogP contribution in [0.15, 0.2) is 40.0 Å². The Bertz CT molecular complexity index is 1160. The van der Waals surface area contributed by atoms with Crippen LogP contribution in [-0.4, -0.2) is 37.0 Å². The van der Waals surface area contributed by atoms with Crippen molar-refractivity contribution in [3.63, 3.8) is 0 Å². The van der Waals surface area contributed by atoms with Crippen LogP contribution in [0.5, 0.6) is 0 Å². The van der Waals surface area contributed by atoms with Crippen molar-refractivity contribution in [1.82, 2.24) is 10.3 Å². The van der Waals surface area contributed by atoms with Crippen LogP contribution in [0.1, 0.15) is 42.3 Å². The number of nitrogens with one attached hydrogen (secondary N) is 1. The number of carbonyl (C=O) groups excluding carboxylic acids is 2. The van der Waals surface area contributed by atoms with Gasteiger partial charge in [0.1, 0.15) is 6.04 Å². The summed E-state index contributed by atoms with van der Waals surface area (Å²) in [5.74, 6) is -3.19. The number of hydrogen-bond acceptors (Lipinski definition) is 8. The number of hydrogen-bond donors (Lipinski definition) is 1. The highest BCUT2D eigenvalue weighted by molar-refractivity contribution is 7.11. The number of amidine groups is 1. The molecule has 1 aromatic heterocycles. The van der Waals surface area contributed by atoms with E-state index in [4.69, 9.17) is 21.1 Å². The van der Waals surface area contributed by atoms with Gasteiger partial charge in [-0.2, -0.15) is 0 Å². The molecule has 0 saturated heterocycles. The summed E-state index contributed by atoms with van der Waals surface area (Å²) in [4.78, 5) is 33.9. The number of allylic oxidation sites excluding steroid dienone is 1. The third-order valence-corrected chi connectivity index (χ3v) is 7.31. The third kappa shape index (κ3) is 4.56.